The van der Waals surface area contributed by atoms with Gasteiger partial charge in [0.05, 0.1) is 0 Å². The molecule has 1 aromatic rings. The lowest BCUT2D eigenvalue weighted by Crippen LogP contribution is -2.32. The molecule has 3 nitrogen and oxygen atoms in total. The summed E-state index contributed by atoms with van der Waals surface area (Å²) in [5.41, 5.74) is 0.813. The van der Waals surface area contributed by atoms with E-state index in [0.29, 0.717) is 16.1 Å². The molecule has 1 rings (SSSR count). The molecule has 0 saturated carbocycles. The zero-order valence-corrected chi connectivity index (χ0v) is 9.28. The van der Waals surface area contributed by atoms with Crippen LogP contribution in [0.15, 0.2) is 12.1 Å². The van der Waals surface area contributed by atoms with Gasteiger partial charge in [-0.1, -0.05) is 17.7 Å². The van der Waals surface area contributed by atoms with Gasteiger partial charge in [-0.15, -0.1) is 0 Å². The van der Waals surface area contributed by atoms with E-state index in [0.717, 1.165) is 0 Å². The van der Waals surface area contributed by atoms with Gasteiger partial charge in [0.15, 0.2) is 0 Å². The van der Waals surface area contributed by atoms with E-state index in [2.05, 4.69) is 10.6 Å². The Labute approximate surface area is 92.6 Å². The van der Waals surface area contributed by atoms with Crippen LogP contribution >= 0.6 is 11.6 Å². The average molecular weight is 231 g/mol. The van der Waals surface area contributed by atoms with E-state index in [1.54, 1.807) is 19.1 Å². The molecule has 0 spiro atoms. The van der Waals surface area contributed by atoms with Crippen LogP contribution in [0.3, 0.4) is 0 Å². The number of halogens is 2. The standard InChI is InChI=1S/C10H12ClFN2O/c1-6-8(11)4-3-7(9(6)12)5-14-10(15)13-2/h3-4H,5H2,1-2H3,(H2,13,14,15). The maximum Gasteiger partial charge on any atom is 0.314 e. The van der Waals surface area contributed by atoms with E-state index in [-0.39, 0.29) is 18.4 Å². The topological polar surface area (TPSA) is 41.1 Å². The van der Waals surface area contributed by atoms with Crippen LogP contribution in [-0.4, -0.2) is 13.1 Å². The fourth-order valence-electron chi connectivity index (χ4n) is 1.12. The Bertz CT molecular complexity index is 382. The highest BCUT2D eigenvalue weighted by Gasteiger charge is 2.08. The lowest BCUT2D eigenvalue weighted by Gasteiger charge is -2.08. The van der Waals surface area contributed by atoms with E-state index in [1.807, 2.05) is 0 Å². The van der Waals surface area contributed by atoms with Crippen molar-refractivity contribution in [1.29, 1.82) is 0 Å². The van der Waals surface area contributed by atoms with Crippen LogP contribution in [0.5, 0.6) is 0 Å². The third kappa shape index (κ3) is 2.83. The number of nitrogens with one attached hydrogen (secondary N) is 2. The smallest absolute Gasteiger partial charge is 0.314 e. The molecule has 0 aromatic heterocycles. The van der Waals surface area contributed by atoms with Gasteiger partial charge in [0.25, 0.3) is 0 Å². The number of benzene rings is 1. The average Bonchev–Trinajstić information content (AvgIpc) is 2.24. The van der Waals surface area contributed by atoms with Crippen molar-refractivity contribution in [2.45, 2.75) is 13.5 Å². The van der Waals surface area contributed by atoms with Crippen LogP contribution in [-0.2, 0) is 6.54 Å². The number of rotatable bonds is 2. The van der Waals surface area contributed by atoms with Crippen molar-refractivity contribution in [1.82, 2.24) is 10.6 Å². The van der Waals surface area contributed by atoms with E-state index in [9.17, 15) is 9.18 Å². The predicted octanol–water partition coefficient (Wildman–Crippen LogP) is 2.22. The van der Waals surface area contributed by atoms with Gasteiger partial charge in [-0.2, -0.15) is 0 Å². The summed E-state index contributed by atoms with van der Waals surface area (Å²) in [7, 11) is 1.50. The van der Waals surface area contributed by atoms with Crippen LogP contribution in [0.4, 0.5) is 9.18 Å². The zero-order valence-electron chi connectivity index (χ0n) is 8.53. The zero-order chi connectivity index (χ0) is 11.4. The van der Waals surface area contributed by atoms with Gasteiger partial charge in [-0.3, -0.25) is 0 Å². The minimum Gasteiger partial charge on any atom is -0.341 e. The largest absolute Gasteiger partial charge is 0.341 e. The normalized spacial score (nSPS) is 9.87. The Morgan fingerprint density at radius 2 is 2.20 bits per heavy atom. The highest BCUT2D eigenvalue weighted by molar-refractivity contribution is 6.31. The second-order valence-corrected chi connectivity index (χ2v) is 3.49. The Kier molecular flexibility index (Phi) is 3.91. The van der Waals surface area contributed by atoms with Gasteiger partial charge in [0, 0.05) is 29.7 Å². The number of amides is 2. The molecule has 0 atom stereocenters. The molecule has 0 aliphatic rings. The number of urea groups is 1. The van der Waals surface area contributed by atoms with Crippen molar-refractivity contribution >= 4 is 17.6 Å². The van der Waals surface area contributed by atoms with Crippen LogP contribution in [0, 0.1) is 12.7 Å². The van der Waals surface area contributed by atoms with E-state index in [4.69, 9.17) is 11.6 Å². The van der Waals surface area contributed by atoms with Crippen molar-refractivity contribution < 1.29 is 9.18 Å². The SMILES string of the molecule is CNC(=O)NCc1ccc(Cl)c(C)c1F. The molecule has 82 valence electrons. The summed E-state index contributed by atoms with van der Waals surface area (Å²) in [6.07, 6.45) is 0. The Balaban J connectivity index is 2.78. The number of hydrogen-bond acceptors (Lipinski definition) is 1. The van der Waals surface area contributed by atoms with Crippen molar-refractivity contribution in [2.75, 3.05) is 7.05 Å². The number of carbonyl (C=O) groups is 1. The first-order valence-electron chi connectivity index (χ1n) is 4.45. The molecule has 0 bridgehead atoms. The van der Waals surface area contributed by atoms with Crippen molar-refractivity contribution in [2.24, 2.45) is 0 Å². The van der Waals surface area contributed by atoms with Gasteiger partial charge in [0.1, 0.15) is 5.82 Å². The minimum absolute atomic E-state index is 0.142. The van der Waals surface area contributed by atoms with Gasteiger partial charge in [-0.05, 0) is 13.0 Å². The third-order valence-electron chi connectivity index (χ3n) is 2.07. The summed E-state index contributed by atoms with van der Waals surface area (Å²) in [6, 6.07) is 2.82. The van der Waals surface area contributed by atoms with Crippen LogP contribution < -0.4 is 10.6 Å². The predicted molar refractivity (Wildman–Crippen MR) is 57.4 cm³/mol. The summed E-state index contributed by atoms with van der Waals surface area (Å²) in [5.74, 6) is -0.376. The lowest BCUT2D eigenvalue weighted by molar-refractivity contribution is 0.242. The van der Waals surface area contributed by atoms with E-state index < -0.39 is 0 Å². The fraction of sp³-hybridized carbons (Fsp3) is 0.300. The van der Waals surface area contributed by atoms with Gasteiger partial charge >= 0.3 is 6.03 Å². The summed E-state index contributed by atoms with van der Waals surface area (Å²) < 4.78 is 13.6. The van der Waals surface area contributed by atoms with Crippen molar-refractivity contribution in [3.05, 3.63) is 34.1 Å². The highest BCUT2D eigenvalue weighted by atomic mass is 35.5. The lowest BCUT2D eigenvalue weighted by atomic mass is 10.1. The molecule has 0 fully saturated rings. The van der Waals surface area contributed by atoms with Crippen LogP contribution in [0.2, 0.25) is 5.02 Å². The highest BCUT2D eigenvalue weighted by Crippen LogP contribution is 2.20. The van der Waals surface area contributed by atoms with E-state index in [1.165, 1.54) is 7.05 Å². The first-order chi connectivity index (χ1) is 7.06. The molecule has 0 heterocycles. The summed E-state index contributed by atoms with van der Waals surface area (Å²) in [6.45, 7) is 1.74. The number of carbonyl (C=O) groups excluding carboxylic acids is 1. The minimum atomic E-state index is -0.376. The molecule has 2 amide bonds. The summed E-state index contributed by atoms with van der Waals surface area (Å²) >= 11 is 5.74. The molecular weight excluding hydrogens is 219 g/mol. The first kappa shape index (κ1) is 11.8. The molecule has 0 radical (unpaired) electrons. The Hall–Kier alpha value is -1.29. The molecule has 15 heavy (non-hydrogen) atoms. The molecule has 5 heteroatoms. The number of hydrogen-bond donors (Lipinski definition) is 2. The summed E-state index contributed by atoms with van der Waals surface area (Å²) in [4.78, 5) is 10.9. The molecule has 0 aliphatic carbocycles. The molecular formula is C10H12ClFN2O. The third-order valence-corrected chi connectivity index (χ3v) is 2.48. The van der Waals surface area contributed by atoms with E-state index >= 15 is 0 Å². The molecule has 0 unspecified atom stereocenters. The van der Waals surface area contributed by atoms with Crippen molar-refractivity contribution in [3.8, 4) is 0 Å². The maximum atomic E-state index is 13.6. The maximum absolute atomic E-state index is 13.6. The molecule has 2 N–H and O–H groups in total. The Morgan fingerprint density at radius 1 is 1.53 bits per heavy atom. The molecule has 0 aliphatic heterocycles. The monoisotopic (exact) mass is 230 g/mol. The van der Waals surface area contributed by atoms with Crippen molar-refractivity contribution in [3.63, 3.8) is 0 Å². The summed E-state index contributed by atoms with van der Waals surface area (Å²) in [5, 5.41) is 5.27. The second kappa shape index (κ2) is 4.98. The quantitative estimate of drug-likeness (QED) is 0.804. The molecule has 1 aromatic carbocycles. The molecule has 0 saturated heterocycles. The fourth-order valence-corrected chi connectivity index (χ4v) is 1.26. The van der Waals surface area contributed by atoms with Gasteiger partial charge < -0.3 is 10.6 Å². The van der Waals surface area contributed by atoms with Gasteiger partial charge in [0.2, 0.25) is 0 Å². The van der Waals surface area contributed by atoms with Crippen LogP contribution in [0.1, 0.15) is 11.1 Å². The van der Waals surface area contributed by atoms with Crippen LogP contribution in [0.25, 0.3) is 0 Å². The van der Waals surface area contributed by atoms with Gasteiger partial charge in [-0.25, -0.2) is 9.18 Å². The Morgan fingerprint density at radius 3 is 2.80 bits per heavy atom. The second-order valence-electron chi connectivity index (χ2n) is 3.08. The first-order valence-corrected chi connectivity index (χ1v) is 4.83.